The predicted molar refractivity (Wildman–Crippen MR) is 139 cm³/mol. The third-order valence-corrected chi connectivity index (χ3v) is 6.49. The van der Waals surface area contributed by atoms with E-state index in [2.05, 4.69) is 43.3 Å². The highest BCUT2D eigenvalue weighted by Crippen LogP contribution is 2.49. The van der Waals surface area contributed by atoms with E-state index in [9.17, 15) is 4.79 Å². The van der Waals surface area contributed by atoms with Gasteiger partial charge in [0, 0.05) is 18.6 Å². The molecule has 0 fully saturated rings. The maximum atomic E-state index is 14.3. The second kappa shape index (κ2) is 10.7. The summed E-state index contributed by atoms with van der Waals surface area (Å²) in [5, 5.41) is 4.59. The first kappa shape index (κ1) is 25.3. The van der Waals surface area contributed by atoms with Crippen molar-refractivity contribution in [2.24, 2.45) is 0 Å². The first-order valence-corrected chi connectivity index (χ1v) is 11.4. The van der Waals surface area contributed by atoms with Gasteiger partial charge in [-0.05, 0) is 68.4 Å². The summed E-state index contributed by atoms with van der Waals surface area (Å²) in [7, 11) is 6.13. The molecule has 4 nitrogen and oxygen atoms in total. The molecule has 3 aromatic rings. The van der Waals surface area contributed by atoms with Gasteiger partial charge in [-0.25, -0.2) is 10.0 Å². The number of anilines is 1. The molecule has 1 atom stereocenters. The van der Waals surface area contributed by atoms with Gasteiger partial charge in [0.2, 0.25) is 0 Å². The van der Waals surface area contributed by atoms with Crippen LogP contribution < -0.4 is 5.01 Å². The Kier molecular flexibility index (Phi) is 8.19. The Hall–Kier alpha value is -2.37. The number of hydrogen-bond acceptors (Lipinski definition) is 3. The summed E-state index contributed by atoms with van der Waals surface area (Å²) in [6, 6.07) is 26.3. The van der Waals surface area contributed by atoms with Crippen LogP contribution in [-0.2, 0) is 16.8 Å². The summed E-state index contributed by atoms with van der Waals surface area (Å²) in [4.78, 5) is 16.5. The second-order valence-electron chi connectivity index (χ2n) is 8.75. The number of hydrogen-bond donors (Lipinski definition) is 0. The molecule has 174 valence electrons. The Balaban J connectivity index is 0.00000306. The highest BCUT2D eigenvalue weighted by Gasteiger charge is 2.52. The summed E-state index contributed by atoms with van der Waals surface area (Å²) in [5.74, 6) is 0.111. The lowest BCUT2D eigenvalue weighted by Gasteiger charge is -2.33. The molecule has 1 aliphatic rings. The van der Waals surface area contributed by atoms with Crippen LogP contribution in [0.15, 0.2) is 78.9 Å². The fourth-order valence-electron chi connectivity index (χ4n) is 4.74. The van der Waals surface area contributed by atoms with Gasteiger partial charge in [0.05, 0.1) is 5.69 Å². The first-order chi connectivity index (χ1) is 15.4. The van der Waals surface area contributed by atoms with Gasteiger partial charge in [-0.3, -0.25) is 4.79 Å². The maximum absolute atomic E-state index is 14.3. The van der Waals surface area contributed by atoms with E-state index in [1.807, 2.05) is 71.7 Å². The van der Waals surface area contributed by atoms with Crippen LogP contribution in [0.5, 0.6) is 0 Å². The zero-order chi connectivity index (χ0) is 22.7. The minimum atomic E-state index is -0.692. The van der Waals surface area contributed by atoms with Crippen molar-refractivity contribution in [2.75, 3.05) is 32.7 Å². The molecule has 0 spiro atoms. The van der Waals surface area contributed by atoms with Crippen LogP contribution in [0.1, 0.15) is 29.5 Å². The van der Waals surface area contributed by atoms with Crippen LogP contribution in [0.4, 0.5) is 5.69 Å². The fourth-order valence-corrected chi connectivity index (χ4v) is 4.86. The van der Waals surface area contributed by atoms with E-state index in [1.165, 1.54) is 0 Å². The molecule has 1 aliphatic heterocycles. The van der Waals surface area contributed by atoms with Crippen molar-refractivity contribution >= 4 is 35.6 Å². The minimum absolute atomic E-state index is 0. The number of para-hydroxylation sites is 1. The lowest BCUT2D eigenvalue weighted by atomic mass is 9.72. The van der Waals surface area contributed by atoms with Crippen molar-refractivity contribution in [2.45, 2.75) is 24.8 Å². The molecule has 0 aromatic heterocycles. The van der Waals surface area contributed by atoms with E-state index < -0.39 is 5.41 Å². The molecule has 3 aromatic carbocycles. The van der Waals surface area contributed by atoms with Gasteiger partial charge in [-0.15, -0.1) is 12.4 Å². The van der Waals surface area contributed by atoms with E-state index in [-0.39, 0.29) is 18.3 Å². The molecule has 4 rings (SSSR count). The van der Waals surface area contributed by atoms with Crippen LogP contribution in [0.25, 0.3) is 0 Å². The van der Waals surface area contributed by atoms with Crippen LogP contribution in [0.3, 0.4) is 0 Å². The molecule has 0 bridgehead atoms. The summed E-state index contributed by atoms with van der Waals surface area (Å²) in [5.41, 5.74) is 3.51. The lowest BCUT2D eigenvalue weighted by Crippen LogP contribution is -2.48. The summed E-state index contributed by atoms with van der Waals surface area (Å²) in [6.07, 6.45) is 1.69. The van der Waals surface area contributed by atoms with Crippen LogP contribution >= 0.6 is 24.0 Å². The molecule has 0 aliphatic carbocycles. The van der Waals surface area contributed by atoms with E-state index >= 15 is 0 Å². The fraction of sp³-hybridized carbons (Fsp3) is 0.296. The number of fused-ring (bicyclic) bond motifs is 1. The Morgan fingerprint density at radius 1 is 0.879 bits per heavy atom. The third-order valence-electron chi connectivity index (χ3n) is 6.24. The number of carbonyl (C=O) groups excluding carboxylic acids is 1. The van der Waals surface area contributed by atoms with Crippen molar-refractivity contribution < 1.29 is 4.79 Å². The zero-order valence-electron chi connectivity index (χ0n) is 19.4. The first-order valence-electron chi connectivity index (χ1n) is 11.0. The van der Waals surface area contributed by atoms with E-state index in [0.29, 0.717) is 11.6 Å². The molecule has 0 N–H and O–H groups in total. The second-order valence-corrected chi connectivity index (χ2v) is 9.19. The number of nitrogens with zero attached hydrogens (tertiary/aromatic N) is 3. The smallest absolute Gasteiger partial charge is 0.256 e. The molecule has 0 saturated heterocycles. The van der Waals surface area contributed by atoms with Crippen molar-refractivity contribution in [1.29, 1.82) is 0 Å². The van der Waals surface area contributed by atoms with Gasteiger partial charge in [-0.2, -0.15) is 0 Å². The Labute approximate surface area is 208 Å². The number of hydrazine groups is 1. The van der Waals surface area contributed by atoms with Gasteiger partial charge < -0.3 is 4.90 Å². The van der Waals surface area contributed by atoms with Crippen LogP contribution in [0, 0.1) is 0 Å². The van der Waals surface area contributed by atoms with Crippen LogP contribution in [-0.4, -0.2) is 43.5 Å². The van der Waals surface area contributed by atoms with E-state index in [0.717, 1.165) is 41.8 Å². The van der Waals surface area contributed by atoms with Crippen LogP contribution in [0.2, 0.25) is 5.02 Å². The molecule has 1 unspecified atom stereocenters. The highest BCUT2D eigenvalue weighted by molar-refractivity contribution is 6.30. The normalized spacial score (nSPS) is 17.4. The average molecular weight is 484 g/mol. The summed E-state index contributed by atoms with van der Waals surface area (Å²) < 4.78 is 0. The summed E-state index contributed by atoms with van der Waals surface area (Å²) >= 11 is 6.06. The largest absolute Gasteiger partial charge is 0.309 e. The minimum Gasteiger partial charge on any atom is -0.309 e. The Morgan fingerprint density at radius 2 is 1.52 bits per heavy atom. The molecule has 6 heteroatoms. The lowest BCUT2D eigenvalue weighted by molar-refractivity contribution is -0.124. The third kappa shape index (κ3) is 4.95. The van der Waals surface area contributed by atoms with Crippen molar-refractivity contribution in [1.82, 2.24) is 9.91 Å². The van der Waals surface area contributed by atoms with Crippen molar-refractivity contribution in [3.8, 4) is 0 Å². The zero-order valence-corrected chi connectivity index (χ0v) is 20.9. The molecule has 33 heavy (non-hydrogen) atoms. The average Bonchev–Trinajstić information content (AvgIpc) is 3.04. The topological polar surface area (TPSA) is 26.8 Å². The summed E-state index contributed by atoms with van der Waals surface area (Å²) in [6.45, 7) is 1.55. The molecule has 0 radical (unpaired) electrons. The monoisotopic (exact) mass is 483 g/mol. The molecule has 1 amide bonds. The molecular weight excluding hydrogens is 453 g/mol. The van der Waals surface area contributed by atoms with Gasteiger partial charge in [0.1, 0.15) is 5.41 Å². The van der Waals surface area contributed by atoms with Gasteiger partial charge in [0.25, 0.3) is 5.91 Å². The van der Waals surface area contributed by atoms with Gasteiger partial charge in [0.15, 0.2) is 0 Å². The maximum Gasteiger partial charge on any atom is 0.256 e. The molecule has 0 saturated carbocycles. The Bertz CT molecular complexity index is 1070. The number of rotatable bonds is 8. The molecule has 1 heterocycles. The van der Waals surface area contributed by atoms with Gasteiger partial charge >= 0.3 is 0 Å². The molecular formula is C27H31Cl2N3O. The van der Waals surface area contributed by atoms with E-state index in [4.69, 9.17) is 11.6 Å². The predicted octanol–water partition coefficient (Wildman–Crippen LogP) is 5.78. The number of halogens is 2. The van der Waals surface area contributed by atoms with Crippen molar-refractivity contribution in [3.05, 3.63) is 101 Å². The van der Waals surface area contributed by atoms with Gasteiger partial charge in [-0.1, -0.05) is 72.3 Å². The number of amides is 1. The van der Waals surface area contributed by atoms with Crippen molar-refractivity contribution in [3.63, 3.8) is 0 Å². The SMILES string of the molecule is CN(C)CCCC1(c2ccccc2)C(=O)N(N(C)Cc2ccc(Cl)cc2)c2ccccc21.Cl. The quantitative estimate of drug-likeness (QED) is 0.405. The Morgan fingerprint density at radius 3 is 2.18 bits per heavy atom. The van der Waals surface area contributed by atoms with E-state index in [1.54, 1.807) is 0 Å². The standard InChI is InChI=1S/C27H30ClN3O.ClH/c1-29(2)19-9-18-27(22-10-5-4-6-11-22)24-12-7-8-13-25(24)31(26(27)32)30(3)20-21-14-16-23(28)17-15-21;/h4-8,10-17H,9,18-20H2,1-3H3;1H. The number of carbonyl (C=O) groups is 1. The number of benzene rings is 3. The highest BCUT2D eigenvalue weighted by atomic mass is 35.5.